The van der Waals surface area contributed by atoms with E-state index in [0.717, 1.165) is 24.8 Å². The maximum absolute atomic E-state index is 5.19. The summed E-state index contributed by atoms with van der Waals surface area (Å²) in [6.45, 7) is 5.08. The van der Waals surface area contributed by atoms with Crippen molar-refractivity contribution < 1.29 is 4.74 Å². The Bertz CT molecular complexity index is 653. The van der Waals surface area contributed by atoms with Crippen molar-refractivity contribution in [3.8, 4) is 0 Å². The van der Waals surface area contributed by atoms with Gasteiger partial charge in [0, 0.05) is 30.8 Å². The van der Waals surface area contributed by atoms with Crippen molar-refractivity contribution in [2.75, 3.05) is 26.0 Å². The van der Waals surface area contributed by atoms with Crippen LogP contribution in [-0.4, -0.2) is 31.9 Å². The molecule has 0 saturated heterocycles. The van der Waals surface area contributed by atoms with Crippen LogP contribution >= 0.6 is 35.7 Å². The molecule has 0 atom stereocenters. The molecular weight excluding hydrogens is 457 g/mol. The first kappa shape index (κ1) is 22.8. The number of ether oxygens (including phenoxy) is 1. The van der Waals surface area contributed by atoms with Gasteiger partial charge in [-0.25, -0.2) is 4.99 Å². The van der Waals surface area contributed by atoms with E-state index in [0.29, 0.717) is 13.2 Å². The minimum Gasteiger partial charge on any atom is -0.380 e. The van der Waals surface area contributed by atoms with Crippen LogP contribution in [0.25, 0.3) is 0 Å². The summed E-state index contributed by atoms with van der Waals surface area (Å²) in [6, 6.07) is 18.8. The number of hydrogen-bond acceptors (Lipinski definition) is 3. The molecule has 0 bridgehead atoms. The first-order valence-electron chi connectivity index (χ1n) is 8.58. The van der Waals surface area contributed by atoms with Crippen molar-refractivity contribution in [2.24, 2.45) is 4.99 Å². The molecule has 2 N–H and O–H groups in total. The summed E-state index contributed by atoms with van der Waals surface area (Å²) < 4.78 is 5.19. The minimum absolute atomic E-state index is 0. The van der Waals surface area contributed by atoms with Crippen molar-refractivity contribution in [2.45, 2.75) is 25.0 Å². The lowest BCUT2D eigenvalue weighted by molar-refractivity contribution is 0.185. The Morgan fingerprint density at radius 1 is 1.04 bits per heavy atom. The normalized spacial score (nSPS) is 10.9. The van der Waals surface area contributed by atoms with Gasteiger partial charge < -0.3 is 15.4 Å². The number of methoxy groups -OCH3 is 1. The van der Waals surface area contributed by atoms with Crippen LogP contribution in [0.4, 0.5) is 0 Å². The second kappa shape index (κ2) is 13.9. The van der Waals surface area contributed by atoms with Gasteiger partial charge in [0.2, 0.25) is 0 Å². The molecule has 0 aliphatic heterocycles. The molecular formula is C20H28IN3OS. The molecule has 2 aromatic carbocycles. The summed E-state index contributed by atoms with van der Waals surface area (Å²) in [5.74, 6) is 1.85. The molecule has 6 heteroatoms. The molecule has 2 rings (SSSR count). The predicted molar refractivity (Wildman–Crippen MR) is 123 cm³/mol. The number of halogens is 1. The van der Waals surface area contributed by atoms with Crippen molar-refractivity contribution in [1.82, 2.24) is 10.6 Å². The Labute approximate surface area is 178 Å². The quantitative estimate of drug-likeness (QED) is 0.183. The molecule has 0 unspecified atom stereocenters. The summed E-state index contributed by atoms with van der Waals surface area (Å²) in [5.41, 5.74) is 2.36. The molecule has 0 aliphatic carbocycles. The number of guanidine groups is 1. The van der Waals surface area contributed by atoms with Crippen LogP contribution < -0.4 is 10.6 Å². The van der Waals surface area contributed by atoms with Crippen LogP contribution in [0.3, 0.4) is 0 Å². The summed E-state index contributed by atoms with van der Waals surface area (Å²) in [7, 11) is 1.71. The van der Waals surface area contributed by atoms with Crippen LogP contribution in [0.2, 0.25) is 0 Å². The van der Waals surface area contributed by atoms with Gasteiger partial charge in [0.05, 0.1) is 13.2 Å². The molecule has 0 aromatic heterocycles. The van der Waals surface area contributed by atoms with E-state index in [4.69, 9.17) is 4.74 Å². The lowest BCUT2D eigenvalue weighted by Gasteiger charge is -2.11. The molecule has 4 nitrogen and oxygen atoms in total. The average molecular weight is 485 g/mol. The number of thioether (sulfide) groups is 1. The number of nitrogens with one attached hydrogen (secondary N) is 2. The van der Waals surface area contributed by atoms with Crippen molar-refractivity contribution >= 4 is 41.7 Å². The molecule has 142 valence electrons. The Morgan fingerprint density at radius 2 is 1.81 bits per heavy atom. The van der Waals surface area contributed by atoms with E-state index in [1.807, 2.05) is 17.8 Å². The Kier molecular flexibility index (Phi) is 12.2. The van der Waals surface area contributed by atoms with Gasteiger partial charge in [-0.2, -0.15) is 0 Å². The summed E-state index contributed by atoms with van der Waals surface area (Å²) in [6.07, 6.45) is 0. The summed E-state index contributed by atoms with van der Waals surface area (Å²) in [4.78, 5) is 5.97. The number of rotatable bonds is 9. The largest absolute Gasteiger partial charge is 0.380 e. The second-order valence-electron chi connectivity index (χ2n) is 5.54. The van der Waals surface area contributed by atoms with E-state index < -0.39 is 0 Å². The minimum atomic E-state index is 0. The number of hydrogen-bond donors (Lipinski definition) is 2. The van der Waals surface area contributed by atoms with Gasteiger partial charge >= 0.3 is 0 Å². The van der Waals surface area contributed by atoms with Crippen molar-refractivity contribution in [3.63, 3.8) is 0 Å². The molecule has 0 spiro atoms. The third kappa shape index (κ3) is 8.91. The third-order valence-electron chi connectivity index (χ3n) is 3.47. The fourth-order valence-corrected chi connectivity index (χ4v) is 3.14. The van der Waals surface area contributed by atoms with Crippen LogP contribution in [0.1, 0.15) is 18.1 Å². The van der Waals surface area contributed by atoms with E-state index >= 15 is 0 Å². The van der Waals surface area contributed by atoms with Crippen molar-refractivity contribution in [3.05, 3.63) is 65.7 Å². The zero-order valence-corrected chi connectivity index (χ0v) is 18.6. The summed E-state index contributed by atoms with van der Waals surface area (Å²) >= 11 is 1.84. The lowest BCUT2D eigenvalue weighted by Crippen LogP contribution is -2.38. The SMILES string of the molecule is CCNC(=NCc1cccc(COC)c1)NCCSc1ccccc1.I. The van der Waals surface area contributed by atoms with E-state index in [1.165, 1.54) is 16.0 Å². The van der Waals surface area contributed by atoms with Gasteiger partial charge in [-0.05, 0) is 30.2 Å². The smallest absolute Gasteiger partial charge is 0.191 e. The first-order valence-corrected chi connectivity index (χ1v) is 9.57. The van der Waals surface area contributed by atoms with Crippen molar-refractivity contribution in [1.29, 1.82) is 0 Å². The third-order valence-corrected chi connectivity index (χ3v) is 4.49. The van der Waals surface area contributed by atoms with E-state index in [1.54, 1.807) is 7.11 Å². The highest BCUT2D eigenvalue weighted by molar-refractivity contribution is 14.0. The van der Waals surface area contributed by atoms with Crippen LogP contribution in [0.5, 0.6) is 0 Å². The Morgan fingerprint density at radius 3 is 2.54 bits per heavy atom. The van der Waals surface area contributed by atoms with Gasteiger partial charge in [0.15, 0.2) is 5.96 Å². The molecule has 0 aliphatic rings. The van der Waals surface area contributed by atoms with Gasteiger partial charge in [-0.3, -0.25) is 0 Å². The number of nitrogens with zero attached hydrogens (tertiary/aromatic N) is 1. The average Bonchev–Trinajstić information content (AvgIpc) is 2.64. The predicted octanol–water partition coefficient (Wildman–Crippen LogP) is 4.30. The number of aliphatic imine (C=N–C) groups is 1. The maximum Gasteiger partial charge on any atom is 0.191 e. The molecule has 0 saturated carbocycles. The van der Waals surface area contributed by atoms with E-state index in [2.05, 4.69) is 71.1 Å². The van der Waals surface area contributed by atoms with Gasteiger partial charge in [-0.15, -0.1) is 35.7 Å². The molecule has 26 heavy (non-hydrogen) atoms. The second-order valence-corrected chi connectivity index (χ2v) is 6.70. The highest BCUT2D eigenvalue weighted by atomic mass is 127. The topological polar surface area (TPSA) is 45.7 Å². The molecule has 2 aromatic rings. The molecule has 0 radical (unpaired) electrons. The van der Waals surface area contributed by atoms with Gasteiger partial charge in [-0.1, -0.05) is 42.5 Å². The Hall–Kier alpha value is -1.25. The standard InChI is InChI=1S/C20H27N3OS.HI/c1-3-21-20(22-12-13-25-19-10-5-4-6-11-19)23-15-17-8-7-9-18(14-17)16-24-2;/h4-11,14H,3,12-13,15-16H2,1-2H3,(H2,21,22,23);1H. The van der Waals surface area contributed by atoms with Crippen LogP contribution in [0.15, 0.2) is 64.5 Å². The lowest BCUT2D eigenvalue weighted by atomic mass is 10.1. The van der Waals surface area contributed by atoms with Gasteiger partial charge in [0.25, 0.3) is 0 Å². The monoisotopic (exact) mass is 485 g/mol. The zero-order chi connectivity index (χ0) is 17.7. The fourth-order valence-electron chi connectivity index (χ4n) is 2.35. The highest BCUT2D eigenvalue weighted by Crippen LogP contribution is 2.15. The van der Waals surface area contributed by atoms with E-state index in [-0.39, 0.29) is 24.0 Å². The van der Waals surface area contributed by atoms with Gasteiger partial charge in [0.1, 0.15) is 0 Å². The van der Waals surface area contributed by atoms with Crippen LogP contribution in [-0.2, 0) is 17.9 Å². The first-order chi connectivity index (χ1) is 12.3. The maximum atomic E-state index is 5.19. The van der Waals surface area contributed by atoms with E-state index in [9.17, 15) is 0 Å². The zero-order valence-electron chi connectivity index (χ0n) is 15.4. The highest BCUT2D eigenvalue weighted by Gasteiger charge is 1.99. The molecule has 0 amide bonds. The molecule has 0 heterocycles. The molecule has 0 fully saturated rings. The number of benzene rings is 2. The van der Waals surface area contributed by atoms with Crippen LogP contribution in [0, 0.1) is 0 Å². The summed E-state index contributed by atoms with van der Waals surface area (Å²) in [5, 5.41) is 6.69. The fraction of sp³-hybridized carbons (Fsp3) is 0.350. The Balaban J connectivity index is 0.00000338.